The number of morpholine rings is 1. The number of hydrogen-bond acceptors (Lipinski definition) is 3. The Kier molecular flexibility index (Phi) is 5.24. The first kappa shape index (κ1) is 15.5. The molecule has 0 bridgehead atoms. The van der Waals surface area contributed by atoms with E-state index in [1.807, 2.05) is 12.1 Å². The van der Waals surface area contributed by atoms with E-state index in [0.29, 0.717) is 5.76 Å². The summed E-state index contributed by atoms with van der Waals surface area (Å²) in [5, 5.41) is 2.84. The van der Waals surface area contributed by atoms with Crippen molar-refractivity contribution in [1.29, 1.82) is 0 Å². The average molecular weight is 313 g/mol. The van der Waals surface area contributed by atoms with E-state index in [4.69, 9.17) is 9.15 Å². The van der Waals surface area contributed by atoms with Crippen LogP contribution in [-0.2, 0) is 16.1 Å². The highest BCUT2D eigenvalue weighted by Gasteiger charge is 2.13. The van der Waals surface area contributed by atoms with Crippen LogP contribution in [0.15, 0.2) is 53.2 Å². The van der Waals surface area contributed by atoms with Crippen molar-refractivity contribution in [3.8, 4) is 0 Å². The number of rotatable bonds is 5. The molecule has 0 aliphatic carbocycles. The van der Waals surface area contributed by atoms with Crippen LogP contribution in [0.5, 0.6) is 0 Å². The van der Waals surface area contributed by atoms with Gasteiger partial charge in [0.2, 0.25) is 5.91 Å². The molecule has 120 valence electrons. The maximum absolute atomic E-state index is 11.9. The van der Waals surface area contributed by atoms with Crippen molar-refractivity contribution < 1.29 is 18.8 Å². The third kappa shape index (κ3) is 4.81. The number of benzene rings is 1. The van der Waals surface area contributed by atoms with Crippen LogP contribution >= 0.6 is 0 Å². The first-order valence-corrected chi connectivity index (χ1v) is 7.82. The van der Waals surface area contributed by atoms with Crippen molar-refractivity contribution in [2.24, 2.45) is 0 Å². The van der Waals surface area contributed by atoms with E-state index >= 15 is 0 Å². The number of anilines is 1. The first-order valence-electron chi connectivity index (χ1n) is 7.82. The lowest BCUT2D eigenvalue weighted by Gasteiger charge is -2.23. The Hall–Kier alpha value is -2.37. The fraction of sp³-hybridized carbons (Fsp3) is 0.278. The molecule has 0 spiro atoms. The third-order valence-electron chi connectivity index (χ3n) is 3.82. The first-order chi connectivity index (χ1) is 11.3. The Balaban J connectivity index is 1.51. The molecule has 2 heterocycles. The monoisotopic (exact) mass is 313 g/mol. The molecule has 2 aromatic rings. The predicted octanol–water partition coefficient (Wildman–Crippen LogP) is 1.35. The van der Waals surface area contributed by atoms with E-state index in [-0.39, 0.29) is 5.91 Å². The second-order valence-corrected chi connectivity index (χ2v) is 5.57. The summed E-state index contributed by atoms with van der Waals surface area (Å²) < 4.78 is 10.5. The van der Waals surface area contributed by atoms with E-state index in [2.05, 4.69) is 17.4 Å². The second-order valence-electron chi connectivity index (χ2n) is 5.57. The molecule has 1 amide bonds. The Morgan fingerprint density at radius 1 is 1.17 bits per heavy atom. The molecule has 5 nitrogen and oxygen atoms in total. The number of amides is 1. The fourth-order valence-electron chi connectivity index (χ4n) is 2.56. The summed E-state index contributed by atoms with van der Waals surface area (Å²) in [5.74, 6) is 0.483. The molecular formula is C18H21N2O3+. The molecule has 1 aliphatic rings. The van der Waals surface area contributed by atoms with Crippen LogP contribution in [0.25, 0.3) is 6.08 Å². The third-order valence-corrected chi connectivity index (χ3v) is 3.82. The molecule has 2 N–H and O–H groups in total. The standard InChI is InChI=1S/C18H20N2O3/c21-18(8-7-17-2-1-11-23-17)19-16-5-3-15(4-6-16)14-20-9-12-22-13-10-20/h1-8,11H,9-10,12-14H2,(H,19,21)/p+1. The Labute approximate surface area is 135 Å². The smallest absolute Gasteiger partial charge is 0.248 e. The van der Waals surface area contributed by atoms with Crippen LogP contribution in [0.1, 0.15) is 11.3 Å². The van der Waals surface area contributed by atoms with Gasteiger partial charge in [0.1, 0.15) is 25.4 Å². The minimum Gasteiger partial charge on any atom is -0.465 e. The van der Waals surface area contributed by atoms with E-state index in [1.54, 1.807) is 24.5 Å². The van der Waals surface area contributed by atoms with Gasteiger partial charge in [0, 0.05) is 17.3 Å². The molecule has 1 aromatic carbocycles. The molecule has 1 fully saturated rings. The van der Waals surface area contributed by atoms with Gasteiger partial charge in [-0.2, -0.15) is 0 Å². The van der Waals surface area contributed by atoms with Crippen molar-refractivity contribution in [2.45, 2.75) is 6.54 Å². The lowest BCUT2D eigenvalue weighted by atomic mass is 10.2. The second kappa shape index (κ2) is 7.76. The topological polar surface area (TPSA) is 55.9 Å². The molecular weight excluding hydrogens is 292 g/mol. The summed E-state index contributed by atoms with van der Waals surface area (Å²) in [5.41, 5.74) is 2.06. The number of ether oxygens (including phenoxy) is 1. The maximum atomic E-state index is 11.9. The molecule has 5 heteroatoms. The van der Waals surface area contributed by atoms with Crippen molar-refractivity contribution in [1.82, 2.24) is 0 Å². The van der Waals surface area contributed by atoms with Crippen LogP contribution in [0.2, 0.25) is 0 Å². The van der Waals surface area contributed by atoms with Gasteiger partial charge in [-0.15, -0.1) is 0 Å². The molecule has 0 radical (unpaired) electrons. The van der Waals surface area contributed by atoms with Gasteiger partial charge >= 0.3 is 0 Å². The molecule has 0 unspecified atom stereocenters. The molecule has 1 aliphatic heterocycles. The van der Waals surface area contributed by atoms with Gasteiger partial charge in [-0.05, 0) is 30.3 Å². The van der Waals surface area contributed by atoms with E-state index in [1.165, 1.54) is 16.5 Å². The quantitative estimate of drug-likeness (QED) is 0.819. The SMILES string of the molecule is O=C(C=Cc1ccco1)Nc1ccc(C[NH+]2CCOCC2)cc1. The summed E-state index contributed by atoms with van der Waals surface area (Å²) in [7, 11) is 0. The van der Waals surface area contributed by atoms with E-state index < -0.39 is 0 Å². The average Bonchev–Trinajstić information content (AvgIpc) is 3.09. The zero-order valence-corrected chi connectivity index (χ0v) is 13.0. The number of furan rings is 1. The van der Waals surface area contributed by atoms with Gasteiger partial charge in [0.25, 0.3) is 0 Å². The minimum atomic E-state index is -0.173. The highest BCUT2D eigenvalue weighted by atomic mass is 16.5. The van der Waals surface area contributed by atoms with E-state index in [0.717, 1.165) is 38.5 Å². The Bertz CT molecular complexity index is 641. The van der Waals surface area contributed by atoms with Gasteiger partial charge in [-0.3, -0.25) is 4.79 Å². The minimum absolute atomic E-state index is 0.173. The van der Waals surface area contributed by atoms with Crippen molar-refractivity contribution >= 4 is 17.7 Å². The van der Waals surface area contributed by atoms with Crippen LogP contribution in [0, 0.1) is 0 Å². The highest BCUT2D eigenvalue weighted by Crippen LogP contribution is 2.09. The summed E-state index contributed by atoms with van der Waals surface area (Å²) in [6.45, 7) is 4.78. The van der Waals surface area contributed by atoms with Gasteiger partial charge in [0.05, 0.1) is 19.5 Å². The number of carbonyl (C=O) groups excluding carboxylic acids is 1. The fourth-order valence-corrected chi connectivity index (χ4v) is 2.56. The zero-order valence-electron chi connectivity index (χ0n) is 13.0. The van der Waals surface area contributed by atoms with Crippen molar-refractivity contribution in [2.75, 3.05) is 31.6 Å². The van der Waals surface area contributed by atoms with Gasteiger partial charge in [0.15, 0.2) is 0 Å². The molecule has 1 saturated heterocycles. The van der Waals surface area contributed by atoms with Crippen LogP contribution in [0.3, 0.4) is 0 Å². The molecule has 1 aromatic heterocycles. The zero-order chi connectivity index (χ0) is 15.9. The Morgan fingerprint density at radius 3 is 2.65 bits per heavy atom. The van der Waals surface area contributed by atoms with Gasteiger partial charge in [-0.25, -0.2) is 0 Å². The number of hydrogen-bond donors (Lipinski definition) is 2. The van der Waals surface area contributed by atoms with Crippen LogP contribution in [0.4, 0.5) is 5.69 Å². The summed E-state index contributed by atoms with van der Waals surface area (Å²) in [4.78, 5) is 13.4. The molecule has 0 saturated carbocycles. The number of carbonyl (C=O) groups is 1. The summed E-state index contributed by atoms with van der Waals surface area (Å²) >= 11 is 0. The van der Waals surface area contributed by atoms with Crippen LogP contribution < -0.4 is 10.2 Å². The van der Waals surface area contributed by atoms with Crippen molar-refractivity contribution in [3.63, 3.8) is 0 Å². The lowest BCUT2D eigenvalue weighted by molar-refractivity contribution is -0.921. The normalized spacial score (nSPS) is 15.8. The summed E-state index contributed by atoms with van der Waals surface area (Å²) in [6.07, 6.45) is 4.68. The largest absolute Gasteiger partial charge is 0.465 e. The Morgan fingerprint density at radius 2 is 1.96 bits per heavy atom. The highest BCUT2D eigenvalue weighted by molar-refractivity contribution is 6.01. The molecule has 3 rings (SSSR count). The van der Waals surface area contributed by atoms with E-state index in [9.17, 15) is 4.79 Å². The summed E-state index contributed by atoms with van der Waals surface area (Å²) in [6, 6.07) is 11.6. The van der Waals surface area contributed by atoms with Gasteiger partial charge < -0.3 is 19.4 Å². The van der Waals surface area contributed by atoms with Crippen molar-refractivity contribution in [3.05, 3.63) is 60.1 Å². The lowest BCUT2D eigenvalue weighted by Crippen LogP contribution is -3.12. The van der Waals surface area contributed by atoms with Gasteiger partial charge in [-0.1, -0.05) is 12.1 Å². The molecule has 23 heavy (non-hydrogen) atoms. The maximum Gasteiger partial charge on any atom is 0.248 e. The predicted molar refractivity (Wildman–Crippen MR) is 88.0 cm³/mol. The molecule has 0 atom stereocenters. The number of nitrogens with one attached hydrogen (secondary N) is 2. The number of quaternary nitrogens is 1. The van der Waals surface area contributed by atoms with Crippen LogP contribution in [-0.4, -0.2) is 32.2 Å².